The van der Waals surface area contributed by atoms with Gasteiger partial charge >= 0.3 is 5.97 Å². The second-order valence-corrected chi connectivity index (χ2v) is 7.07. The van der Waals surface area contributed by atoms with Gasteiger partial charge in [-0.25, -0.2) is 0 Å². The summed E-state index contributed by atoms with van der Waals surface area (Å²) in [7, 11) is 0. The van der Waals surface area contributed by atoms with Crippen molar-refractivity contribution in [2.75, 3.05) is 19.6 Å². The van der Waals surface area contributed by atoms with E-state index in [1.165, 1.54) is 0 Å². The molecule has 0 unspecified atom stereocenters. The van der Waals surface area contributed by atoms with Crippen molar-refractivity contribution in [3.63, 3.8) is 0 Å². The number of carbonyl (C=O) groups is 1. The van der Waals surface area contributed by atoms with Gasteiger partial charge in [-0.2, -0.15) is 0 Å². The average molecular weight is 337 g/mol. The molecule has 1 heterocycles. The van der Waals surface area contributed by atoms with Gasteiger partial charge in [-0.3, -0.25) is 4.79 Å². The predicted molar refractivity (Wildman–Crippen MR) is 93.4 cm³/mol. The van der Waals surface area contributed by atoms with Gasteiger partial charge in [0.15, 0.2) is 0 Å². The van der Waals surface area contributed by atoms with Crippen molar-refractivity contribution in [2.24, 2.45) is 11.8 Å². The molecule has 0 bridgehead atoms. The fourth-order valence-corrected chi connectivity index (χ4v) is 3.77. The smallest absolute Gasteiger partial charge is 0.311 e. The minimum absolute atomic E-state index is 0.247. The number of ether oxygens (including phenoxy) is 1. The Labute approximate surface area is 145 Å². The molecule has 1 aliphatic carbocycles. The number of esters is 1. The van der Waals surface area contributed by atoms with E-state index in [9.17, 15) is 15.0 Å². The topological polar surface area (TPSA) is 70.0 Å². The Bertz CT molecular complexity index is 498. The Morgan fingerprint density at radius 3 is 2.62 bits per heavy atom. The number of carbonyl (C=O) groups excluding carboxylic acids is 1. The zero-order valence-corrected chi connectivity index (χ0v) is 15.1. The Hall–Kier alpha value is -1.17. The van der Waals surface area contributed by atoms with Crippen molar-refractivity contribution in [3.8, 4) is 0 Å². The number of nitrogens with zero attached hydrogens (tertiary/aromatic N) is 1. The average Bonchev–Trinajstić information content (AvgIpc) is 2.84. The Kier molecular flexibility index (Phi) is 6.61. The summed E-state index contributed by atoms with van der Waals surface area (Å²) in [5, 5.41) is 21.0. The second kappa shape index (κ2) is 8.28. The molecule has 5 nitrogen and oxygen atoms in total. The molecule has 2 rings (SSSR count). The van der Waals surface area contributed by atoms with Crippen molar-refractivity contribution in [3.05, 3.63) is 23.8 Å². The maximum absolute atomic E-state index is 12.4. The zero-order chi connectivity index (χ0) is 17.9. The summed E-state index contributed by atoms with van der Waals surface area (Å²) in [6, 6.07) is 0. The van der Waals surface area contributed by atoms with Crippen molar-refractivity contribution in [2.45, 2.75) is 58.3 Å². The standard InChI is InChI=1S/C19H31NO4/c1-5-20(6-2)11-14-18-16(22)9-12(3)7-8-15(21)13(4)10-17(18)24-19(14)23/h9,14-18,21-22H,4-8,10-11H2,1-3H3/b12-9+/t14-,15+,16-,17+,18+/m0/s1. The summed E-state index contributed by atoms with van der Waals surface area (Å²) < 4.78 is 5.60. The third-order valence-electron chi connectivity index (χ3n) is 5.41. The first-order chi connectivity index (χ1) is 11.4. The first-order valence-corrected chi connectivity index (χ1v) is 9.01. The van der Waals surface area contributed by atoms with Crippen LogP contribution in [0.3, 0.4) is 0 Å². The van der Waals surface area contributed by atoms with E-state index in [4.69, 9.17) is 4.74 Å². The van der Waals surface area contributed by atoms with Crippen LogP contribution >= 0.6 is 0 Å². The van der Waals surface area contributed by atoms with Crippen LogP contribution in [0.2, 0.25) is 0 Å². The Morgan fingerprint density at radius 1 is 1.33 bits per heavy atom. The minimum atomic E-state index is -0.718. The molecule has 2 aliphatic rings. The minimum Gasteiger partial charge on any atom is -0.461 e. The van der Waals surface area contributed by atoms with Crippen molar-refractivity contribution >= 4 is 5.97 Å². The van der Waals surface area contributed by atoms with E-state index in [2.05, 4.69) is 25.3 Å². The number of allylic oxidation sites excluding steroid dienone is 1. The lowest BCUT2D eigenvalue weighted by atomic mass is 9.80. The number of rotatable bonds is 4. The number of hydrogen-bond acceptors (Lipinski definition) is 5. The summed E-state index contributed by atoms with van der Waals surface area (Å²) in [5.74, 6) is -0.892. The van der Waals surface area contributed by atoms with Gasteiger partial charge < -0.3 is 19.8 Å². The van der Waals surface area contributed by atoms with Gasteiger partial charge in [0.05, 0.1) is 18.1 Å². The maximum Gasteiger partial charge on any atom is 0.311 e. The van der Waals surface area contributed by atoms with Gasteiger partial charge in [-0.15, -0.1) is 0 Å². The molecule has 0 amide bonds. The van der Waals surface area contributed by atoms with E-state index in [0.29, 0.717) is 31.4 Å². The molecule has 0 spiro atoms. The zero-order valence-electron chi connectivity index (χ0n) is 15.1. The molecule has 2 N–H and O–H groups in total. The Balaban J connectivity index is 2.29. The van der Waals surface area contributed by atoms with Gasteiger partial charge in [-0.05, 0) is 38.4 Å². The molecule has 0 saturated carbocycles. The number of hydrogen-bond donors (Lipinski definition) is 2. The maximum atomic E-state index is 12.4. The number of aliphatic hydroxyl groups excluding tert-OH is 2. The molecular formula is C19H31NO4. The van der Waals surface area contributed by atoms with Crippen LogP contribution in [0.5, 0.6) is 0 Å². The van der Waals surface area contributed by atoms with E-state index in [0.717, 1.165) is 18.7 Å². The molecular weight excluding hydrogens is 306 g/mol. The molecule has 0 aromatic carbocycles. The van der Waals surface area contributed by atoms with E-state index in [-0.39, 0.29) is 17.8 Å². The molecule has 1 aliphatic heterocycles. The fraction of sp³-hybridized carbons (Fsp3) is 0.737. The van der Waals surface area contributed by atoms with E-state index in [1.54, 1.807) is 0 Å². The van der Waals surface area contributed by atoms with Crippen LogP contribution in [-0.4, -0.2) is 59.0 Å². The lowest BCUT2D eigenvalue weighted by molar-refractivity contribution is -0.144. The molecule has 0 aromatic heterocycles. The lowest BCUT2D eigenvalue weighted by Crippen LogP contribution is -2.40. The van der Waals surface area contributed by atoms with Gasteiger partial charge in [0, 0.05) is 18.9 Å². The van der Waals surface area contributed by atoms with Crippen LogP contribution < -0.4 is 0 Å². The first kappa shape index (κ1) is 19.2. The normalized spacial score (nSPS) is 36.9. The van der Waals surface area contributed by atoms with E-state index in [1.807, 2.05) is 13.0 Å². The number of aliphatic hydroxyl groups is 2. The van der Waals surface area contributed by atoms with Crippen LogP contribution in [0, 0.1) is 11.8 Å². The Morgan fingerprint density at radius 2 is 2.00 bits per heavy atom. The summed E-state index contributed by atoms with van der Waals surface area (Å²) in [6.07, 6.45) is 1.81. The number of fused-ring (bicyclic) bond motifs is 1. The van der Waals surface area contributed by atoms with Crippen LogP contribution in [0.25, 0.3) is 0 Å². The largest absolute Gasteiger partial charge is 0.461 e. The molecule has 5 heteroatoms. The monoisotopic (exact) mass is 337 g/mol. The van der Waals surface area contributed by atoms with Crippen LogP contribution in [-0.2, 0) is 9.53 Å². The highest BCUT2D eigenvalue weighted by molar-refractivity contribution is 5.76. The van der Waals surface area contributed by atoms with E-state index >= 15 is 0 Å². The molecule has 0 aromatic rings. The molecule has 1 fully saturated rings. The highest BCUT2D eigenvalue weighted by atomic mass is 16.6. The van der Waals surface area contributed by atoms with Gasteiger partial charge in [0.2, 0.25) is 0 Å². The summed E-state index contributed by atoms with van der Waals surface area (Å²) in [4.78, 5) is 14.6. The van der Waals surface area contributed by atoms with Gasteiger partial charge in [0.25, 0.3) is 0 Å². The predicted octanol–water partition coefficient (Wildman–Crippen LogP) is 1.89. The first-order valence-electron chi connectivity index (χ1n) is 9.01. The highest BCUT2D eigenvalue weighted by Gasteiger charge is 2.48. The molecule has 136 valence electrons. The highest BCUT2D eigenvalue weighted by Crippen LogP contribution is 2.37. The molecule has 1 saturated heterocycles. The third-order valence-corrected chi connectivity index (χ3v) is 5.41. The molecule has 24 heavy (non-hydrogen) atoms. The quantitative estimate of drug-likeness (QED) is 0.606. The van der Waals surface area contributed by atoms with Crippen molar-refractivity contribution in [1.29, 1.82) is 0 Å². The summed E-state index contributed by atoms with van der Waals surface area (Å²) >= 11 is 0. The van der Waals surface area contributed by atoms with Crippen molar-refractivity contribution in [1.82, 2.24) is 4.90 Å². The van der Waals surface area contributed by atoms with Gasteiger partial charge in [0.1, 0.15) is 6.10 Å². The fourth-order valence-electron chi connectivity index (χ4n) is 3.77. The van der Waals surface area contributed by atoms with Crippen LogP contribution in [0.1, 0.15) is 40.0 Å². The summed E-state index contributed by atoms with van der Waals surface area (Å²) in [5.41, 5.74) is 1.71. The third kappa shape index (κ3) is 4.26. The van der Waals surface area contributed by atoms with Crippen LogP contribution in [0.4, 0.5) is 0 Å². The summed E-state index contributed by atoms with van der Waals surface area (Å²) in [6.45, 7) is 12.3. The lowest BCUT2D eigenvalue weighted by Gasteiger charge is -2.29. The second-order valence-electron chi connectivity index (χ2n) is 7.07. The van der Waals surface area contributed by atoms with Gasteiger partial charge in [-0.1, -0.05) is 32.1 Å². The van der Waals surface area contributed by atoms with E-state index < -0.39 is 18.3 Å². The molecule has 0 radical (unpaired) electrons. The van der Waals surface area contributed by atoms with Crippen LogP contribution in [0.15, 0.2) is 23.8 Å². The SMILES string of the molecule is C=C1C[C@H]2OC(=O)[C@@H](CN(CC)CC)[C@@H]2[C@@H](O)/C=C(\C)CC[C@H]1O. The van der Waals surface area contributed by atoms with Crippen molar-refractivity contribution < 1.29 is 19.7 Å². The molecule has 5 atom stereocenters.